The summed E-state index contributed by atoms with van der Waals surface area (Å²) < 4.78 is 0. The fourth-order valence-corrected chi connectivity index (χ4v) is 3.40. The normalized spacial score (nSPS) is 13.8. The molecule has 0 radical (unpaired) electrons. The number of allylic oxidation sites excluding steroid dienone is 1. The molecule has 0 fully saturated rings. The first-order valence-corrected chi connectivity index (χ1v) is 10.0. The van der Waals surface area contributed by atoms with E-state index in [1.54, 1.807) is 24.3 Å². The van der Waals surface area contributed by atoms with Gasteiger partial charge in [-0.15, -0.1) is 0 Å². The van der Waals surface area contributed by atoms with Crippen molar-refractivity contribution in [1.82, 2.24) is 10.2 Å². The van der Waals surface area contributed by atoms with Crippen LogP contribution in [0.4, 0.5) is 0 Å². The van der Waals surface area contributed by atoms with Crippen LogP contribution in [0.15, 0.2) is 35.9 Å². The molecular weight excluding hydrogens is 324 g/mol. The summed E-state index contributed by atoms with van der Waals surface area (Å²) >= 11 is 0. The second-order valence-electron chi connectivity index (χ2n) is 6.99. The lowest BCUT2D eigenvalue weighted by Crippen LogP contribution is -2.32. The van der Waals surface area contributed by atoms with E-state index in [4.69, 9.17) is 0 Å². The topological polar surface area (TPSA) is 49.4 Å². The average molecular weight is 357 g/mol. The molecule has 0 aliphatic heterocycles. The van der Waals surface area contributed by atoms with Crippen LogP contribution < -0.4 is 5.32 Å². The molecule has 0 spiro atoms. The van der Waals surface area contributed by atoms with E-state index in [9.17, 15) is 9.59 Å². The van der Waals surface area contributed by atoms with E-state index in [2.05, 4.69) is 25.2 Å². The molecule has 26 heavy (non-hydrogen) atoms. The van der Waals surface area contributed by atoms with Crippen molar-refractivity contribution in [3.05, 3.63) is 47.0 Å². The number of benzene rings is 1. The van der Waals surface area contributed by atoms with Gasteiger partial charge in [0.25, 0.3) is 11.8 Å². The van der Waals surface area contributed by atoms with Crippen molar-refractivity contribution in [2.24, 2.45) is 0 Å². The zero-order valence-electron chi connectivity index (χ0n) is 16.2. The number of amides is 2. The summed E-state index contributed by atoms with van der Waals surface area (Å²) in [5.74, 6) is -0.0932. The van der Waals surface area contributed by atoms with E-state index < -0.39 is 0 Å². The van der Waals surface area contributed by atoms with Crippen molar-refractivity contribution in [1.29, 1.82) is 0 Å². The van der Waals surface area contributed by atoms with Gasteiger partial charge < -0.3 is 10.2 Å². The van der Waals surface area contributed by atoms with Crippen LogP contribution in [0.1, 0.15) is 79.5 Å². The highest BCUT2D eigenvalue weighted by molar-refractivity contribution is 5.99. The van der Waals surface area contributed by atoms with E-state index in [0.29, 0.717) is 17.7 Å². The lowest BCUT2D eigenvalue weighted by atomic mass is 9.97. The zero-order chi connectivity index (χ0) is 18.8. The maximum atomic E-state index is 12.7. The van der Waals surface area contributed by atoms with Crippen molar-refractivity contribution in [2.75, 3.05) is 19.6 Å². The van der Waals surface area contributed by atoms with Gasteiger partial charge in [0.1, 0.15) is 0 Å². The Hall–Kier alpha value is -2.10. The zero-order valence-corrected chi connectivity index (χ0v) is 16.2. The molecule has 0 heterocycles. The first kappa shape index (κ1) is 20.2. The summed E-state index contributed by atoms with van der Waals surface area (Å²) in [4.78, 5) is 27.0. The number of carbonyl (C=O) groups excluding carboxylic acids is 2. The Morgan fingerprint density at radius 1 is 1.08 bits per heavy atom. The highest BCUT2D eigenvalue weighted by Gasteiger charge is 2.16. The van der Waals surface area contributed by atoms with Crippen molar-refractivity contribution in [3.8, 4) is 0 Å². The van der Waals surface area contributed by atoms with Gasteiger partial charge in [0, 0.05) is 30.8 Å². The number of nitrogens with zero attached hydrogens (tertiary/aromatic N) is 1. The van der Waals surface area contributed by atoms with Crippen molar-refractivity contribution < 1.29 is 9.59 Å². The molecule has 2 rings (SSSR count). The minimum Gasteiger partial charge on any atom is -0.352 e. The van der Waals surface area contributed by atoms with Crippen molar-refractivity contribution in [2.45, 2.75) is 58.8 Å². The minimum atomic E-state index is -0.103. The van der Waals surface area contributed by atoms with Gasteiger partial charge in [-0.3, -0.25) is 9.59 Å². The highest BCUT2D eigenvalue weighted by atomic mass is 16.2. The minimum absolute atomic E-state index is 0.00992. The third kappa shape index (κ3) is 6.01. The van der Waals surface area contributed by atoms with Crippen LogP contribution in [0.5, 0.6) is 0 Å². The Balaban J connectivity index is 1.95. The average Bonchev–Trinajstić information content (AvgIpc) is 2.68. The summed E-state index contributed by atoms with van der Waals surface area (Å²) in [5, 5.41) is 2.99. The van der Waals surface area contributed by atoms with Gasteiger partial charge in [-0.2, -0.15) is 0 Å². The SMILES string of the molecule is CCCN(CCC)C(=O)c1cccc(C(=O)NCCC2=CCCCC2)c1. The van der Waals surface area contributed by atoms with Crippen LogP contribution in [0.3, 0.4) is 0 Å². The molecule has 2 amide bonds. The molecule has 0 atom stereocenters. The molecule has 142 valence electrons. The summed E-state index contributed by atoms with van der Waals surface area (Å²) in [7, 11) is 0. The molecule has 1 aromatic carbocycles. The fourth-order valence-electron chi connectivity index (χ4n) is 3.40. The molecule has 1 aliphatic rings. The number of hydrogen-bond acceptors (Lipinski definition) is 2. The molecule has 0 bridgehead atoms. The van der Waals surface area contributed by atoms with Gasteiger partial charge >= 0.3 is 0 Å². The standard InChI is InChI=1S/C22H32N2O2/c1-3-15-24(16-4-2)22(26)20-12-8-11-19(17-20)21(25)23-14-13-18-9-6-5-7-10-18/h8-9,11-12,17H,3-7,10,13-16H2,1-2H3,(H,23,25). The van der Waals surface area contributed by atoms with Crippen molar-refractivity contribution in [3.63, 3.8) is 0 Å². The Morgan fingerprint density at radius 3 is 2.46 bits per heavy atom. The molecule has 0 aromatic heterocycles. The predicted molar refractivity (Wildman–Crippen MR) is 106 cm³/mol. The molecule has 1 aliphatic carbocycles. The molecular formula is C22H32N2O2. The molecule has 4 heteroatoms. The van der Waals surface area contributed by atoms with E-state index in [0.717, 1.165) is 38.8 Å². The number of nitrogens with one attached hydrogen (secondary N) is 1. The summed E-state index contributed by atoms with van der Waals surface area (Å²) in [6.45, 7) is 6.29. The van der Waals surface area contributed by atoms with Gasteiger partial charge in [-0.1, -0.05) is 31.6 Å². The summed E-state index contributed by atoms with van der Waals surface area (Å²) in [5.41, 5.74) is 2.60. The van der Waals surface area contributed by atoms with E-state index in [1.165, 1.54) is 24.8 Å². The van der Waals surface area contributed by atoms with E-state index >= 15 is 0 Å². The van der Waals surface area contributed by atoms with E-state index in [1.807, 2.05) is 4.90 Å². The lowest BCUT2D eigenvalue weighted by molar-refractivity contribution is 0.0755. The van der Waals surface area contributed by atoms with Crippen molar-refractivity contribution >= 4 is 11.8 Å². The van der Waals surface area contributed by atoms with Gasteiger partial charge in [-0.25, -0.2) is 0 Å². The van der Waals surface area contributed by atoms with Gasteiger partial charge in [0.05, 0.1) is 0 Å². The van der Waals surface area contributed by atoms with Gasteiger partial charge in [-0.05, 0) is 63.1 Å². The van der Waals surface area contributed by atoms with Gasteiger partial charge in [0.2, 0.25) is 0 Å². The van der Waals surface area contributed by atoms with Crippen LogP contribution in [0, 0.1) is 0 Å². The van der Waals surface area contributed by atoms with E-state index in [-0.39, 0.29) is 11.8 Å². The third-order valence-corrected chi connectivity index (χ3v) is 4.76. The first-order chi connectivity index (χ1) is 12.7. The molecule has 0 saturated heterocycles. The Morgan fingerprint density at radius 2 is 1.81 bits per heavy atom. The highest BCUT2D eigenvalue weighted by Crippen LogP contribution is 2.19. The van der Waals surface area contributed by atoms with Gasteiger partial charge in [0.15, 0.2) is 0 Å². The molecule has 0 unspecified atom stereocenters. The smallest absolute Gasteiger partial charge is 0.253 e. The second kappa shape index (κ2) is 10.8. The quantitative estimate of drug-likeness (QED) is 0.659. The van der Waals surface area contributed by atoms with Crippen LogP contribution in [-0.2, 0) is 0 Å². The predicted octanol–water partition coefficient (Wildman–Crippen LogP) is 4.57. The second-order valence-corrected chi connectivity index (χ2v) is 6.99. The fraction of sp³-hybridized carbons (Fsp3) is 0.545. The Labute approximate surface area is 157 Å². The lowest BCUT2D eigenvalue weighted by Gasteiger charge is -2.21. The maximum Gasteiger partial charge on any atom is 0.253 e. The number of rotatable bonds is 9. The monoisotopic (exact) mass is 356 g/mol. The first-order valence-electron chi connectivity index (χ1n) is 10.0. The number of hydrogen-bond donors (Lipinski definition) is 1. The van der Waals surface area contributed by atoms with Crippen LogP contribution in [-0.4, -0.2) is 36.3 Å². The Kier molecular flexibility index (Phi) is 8.39. The summed E-state index contributed by atoms with van der Waals surface area (Å²) in [6, 6.07) is 7.08. The number of carbonyl (C=O) groups is 2. The largest absolute Gasteiger partial charge is 0.352 e. The molecule has 1 aromatic rings. The summed E-state index contributed by atoms with van der Waals surface area (Å²) in [6.07, 6.45) is 9.96. The molecule has 1 N–H and O–H groups in total. The Bertz CT molecular complexity index is 631. The van der Waals surface area contributed by atoms with Crippen LogP contribution >= 0.6 is 0 Å². The molecule has 4 nitrogen and oxygen atoms in total. The third-order valence-electron chi connectivity index (χ3n) is 4.76. The van der Waals surface area contributed by atoms with Crippen LogP contribution in [0.25, 0.3) is 0 Å². The molecule has 0 saturated carbocycles. The van der Waals surface area contributed by atoms with Crippen LogP contribution in [0.2, 0.25) is 0 Å². The maximum absolute atomic E-state index is 12.7.